The van der Waals surface area contributed by atoms with Crippen LogP contribution in [0.1, 0.15) is 60.8 Å². The summed E-state index contributed by atoms with van der Waals surface area (Å²) in [6, 6.07) is 8.72. The number of hydrogen-bond acceptors (Lipinski definition) is 4. The molecule has 1 aliphatic carbocycles. The first-order valence-corrected chi connectivity index (χ1v) is 11.7. The monoisotopic (exact) mass is 528 g/mol. The Bertz CT molecular complexity index is 1190. The Hall–Kier alpha value is -3.05. The molecule has 0 spiro atoms. The Labute approximate surface area is 209 Å². The average Bonchev–Trinajstić information content (AvgIpc) is 2.84. The minimum absolute atomic E-state index is 0.0316. The van der Waals surface area contributed by atoms with Gasteiger partial charge in [-0.15, -0.1) is 0 Å². The summed E-state index contributed by atoms with van der Waals surface area (Å²) in [5.74, 6) is -1.76. The highest BCUT2D eigenvalue weighted by molar-refractivity contribution is 5.98. The first kappa shape index (κ1) is 27.0. The van der Waals surface area contributed by atoms with Gasteiger partial charge in [0, 0.05) is 17.7 Å². The van der Waals surface area contributed by atoms with E-state index in [9.17, 15) is 36.2 Å². The predicted molar refractivity (Wildman–Crippen MR) is 124 cm³/mol. The number of amides is 1. The minimum atomic E-state index is -5.46. The van der Waals surface area contributed by atoms with Crippen LogP contribution >= 0.6 is 0 Å². The molecule has 200 valence electrons. The van der Waals surface area contributed by atoms with Crippen LogP contribution in [-0.4, -0.2) is 22.8 Å². The fourth-order valence-corrected chi connectivity index (χ4v) is 5.31. The van der Waals surface area contributed by atoms with E-state index in [4.69, 9.17) is 4.84 Å². The molecule has 11 heteroatoms. The number of hydroxylamine groups is 1. The van der Waals surface area contributed by atoms with Crippen LogP contribution in [0.25, 0.3) is 5.70 Å². The molecule has 3 N–H and O–H groups in total. The van der Waals surface area contributed by atoms with E-state index in [1.165, 1.54) is 24.3 Å². The molecule has 4 rings (SSSR count). The molecule has 2 aromatic carbocycles. The maximum atomic E-state index is 14.4. The summed E-state index contributed by atoms with van der Waals surface area (Å²) in [6.07, 6.45) is -10.2. The molecule has 37 heavy (non-hydrogen) atoms. The fraction of sp³-hybridized carbons (Fsp3) is 0.423. The van der Waals surface area contributed by atoms with Gasteiger partial charge in [0.15, 0.2) is 0 Å². The third-order valence-electron chi connectivity index (χ3n) is 7.17. The van der Waals surface area contributed by atoms with E-state index in [2.05, 4.69) is 17.4 Å². The third kappa shape index (κ3) is 5.19. The Morgan fingerprint density at radius 3 is 2.38 bits per heavy atom. The van der Waals surface area contributed by atoms with Crippen molar-refractivity contribution in [3.05, 3.63) is 71.3 Å². The van der Waals surface area contributed by atoms with E-state index in [1.807, 2.05) is 0 Å². The van der Waals surface area contributed by atoms with Crippen LogP contribution in [-0.2, 0) is 27.8 Å². The zero-order valence-electron chi connectivity index (χ0n) is 19.7. The summed E-state index contributed by atoms with van der Waals surface area (Å²) in [7, 11) is 0. The molecule has 2 aliphatic rings. The van der Waals surface area contributed by atoms with E-state index in [0.717, 1.165) is 18.2 Å². The van der Waals surface area contributed by atoms with Crippen LogP contribution in [0.2, 0.25) is 0 Å². The van der Waals surface area contributed by atoms with Crippen molar-refractivity contribution in [1.29, 1.82) is 0 Å². The number of alkyl halides is 6. The van der Waals surface area contributed by atoms with Gasteiger partial charge in [-0.3, -0.25) is 15.1 Å². The maximum absolute atomic E-state index is 14.4. The number of carbonyl (C=O) groups is 1. The van der Waals surface area contributed by atoms with Gasteiger partial charge in [0.2, 0.25) is 5.60 Å². The van der Waals surface area contributed by atoms with Crippen molar-refractivity contribution in [3.63, 3.8) is 0 Å². The number of benzene rings is 2. The molecular weight excluding hydrogens is 502 g/mol. The second-order valence-corrected chi connectivity index (χ2v) is 9.61. The molecule has 0 radical (unpaired) electrons. The molecule has 1 fully saturated rings. The lowest BCUT2D eigenvalue weighted by molar-refractivity contribution is -0.256. The van der Waals surface area contributed by atoms with Gasteiger partial charge < -0.3 is 10.4 Å². The number of anilines is 1. The van der Waals surface area contributed by atoms with Crippen molar-refractivity contribution in [3.8, 4) is 0 Å². The lowest BCUT2D eigenvalue weighted by Crippen LogP contribution is -2.58. The molecule has 2 aromatic rings. The van der Waals surface area contributed by atoms with Crippen LogP contribution < -0.4 is 10.8 Å². The SMILES string of the molecule is C=C1NOCc2ccc(NC(=O)C(O)(CC3(c4ccccc4C(F)(F)F)CCCCC3)C(F)(F)F)cc21. The quantitative estimate of drug-likeness (QED) is 0.402. The average molecular weight is 528 g/mol. The smallest absolute Gasteiger partial charge is 0.373 e. The van der Waals surface area contributed by atoms with Crippen LogP contribution in [0.15, 0.2) is 49.0 Å². The highest BCUT2D eigenvalue weighted by Crippen LogP contribution is 2.51. The van der Waals surface area contributed by atoms with E-state index in [-0.39, 0.29) is 30.7 Å². The van der Waals surface area contributed by atoms with Gasteiger partial charge >= 0.3 is 12.4 Å². The topological polar surface area (TPSA) is 70.6 Å². The Morgan fingerprint density at radius 1 is 1.05 bits per heavy atom. The lowest BCUT2D eigenvalue weighted by atomic mass is 9.62. The number of halogens is 6. The van der Waals surface area contributed by atoms with Crippen LogP contribution in [0.3, 0.4) is 0 Å². The Morgan fingerprint density at radius 2 is 1.73 bits per heavy atom. The maximum Gasteiger partial charge on any atom is 0.426 e. The highest BCUT2D eigenvalue weighted by Gasteiger charge is 2.63. The predicted octanol–water partition coefficient (Wildman–Crippen LogP) is 6.24. The van der Waals surface area contributed by atoms with E-state index in [0.29, 0.717) is 36.1 Å². The molecular formula is C26H26F6N2O3. The van der Waals surface area contributed by atoms with Gasteiger partial charge in [-0.2, -0.15) is 26.3 Å². The fourth-order valence-electron chi connectivity index (χ4n) is 5.31. The molecule has 1 saturated carbocycles. The molecule has 1 heterocycles. The van der Waals surface area contributed by atoms with Crippen LogP contribution in [0.4, 0.5) is 32.0 Å². The third-order valence-corrected chi connectivity index (χ3v) is 7.17. The van der Waals surface area contributed by atoms with Crippen molar-refractivity contribution in [2.45, 2.75) is 68.5 Å². The summed E-state index contributed by atoms with van der Waals surface area (Å²) in [4.78, 5) is 18.2. The molecule has 5 nitrogen and oxygen atoms in total. The van der Waals surface area contributed by atoms with Gasteiger partial charge in [-0.1, -0.05) is 50.1 Å². The van der Waals surface area contributed by atoms with Gasteiger partial charge in [-0.05, 0) is 47.6 Å². The van der Waals surface area contributed by atoms with Gasteiger partial charge in [0.25, 0.3) is 5.91 Å². The molecule has 1 amide bonds. The number of aliphatic hydroxyl groups is 1. The van der Waals surface area contributed by atoms with Crippen molar-refractivity contribution >= 4 is 17.3 Å². The summed E-state index contributed by atoms with van der Waals surface area (Å²) in [6.45, 7) is 3.90. The van der Waals surface area contributed by atoms with Crippen LogP contribution in [0.5, 0.6) is 0 Å². The molecule has 1 unspecified atom stereocenters. The molecule has 1 atom stereocenters. The summed E-state index contributed by atoms with van der Waals surface area (Å²) < 4.78 is 84.8. The number of rotatable bonds is 5. The van der Waals surface area contributed by atoms with Crippen molar-refractivity contribution < 1.29 is 41.1 Å². The van der Waals surface area contributed by atoms with Crippen molar-refractivity contribution in [2.75, 3.05) is 5.32 Å². The van der Waals surface area contributed by atoms with E-state index >= 15 is 0 Å². The zero-order valence-corrected chi connectivity index (χ0v) is 19.7. The largest absolute Gasteiger partial charge is 0.426 e. The molecule has 0 saturated heterocycles. The number of fused-ring (bicyclic) bond motifs is 1. The number of hydrogen-bond donors (Lipinski definition) is 3. The minimum Gasteiger partial charge on any atom is -0.373 e. The molecule has 0 bridgehead atoms. The van der Waals surface area contributed by atoms with Gasteiger partial charge in [0.05, 0.1) is 11.3 Å². The summed E-state index contributed by atoms with van der Waals surface area (Å²) >= 11 is 0. The second kappa shape index (κ2) is 9.68. The van der Waals surface area contributed by atoms with E-state index in [1.54, 1.807) is 0 Å². The van der Waals surface area contributed by atoms with Gasteiger partial charge in [0.1, 0.15) is 6.61 Å². The highest BCUT2D eigenvalue weighted by atomic mass is 19.4. The second-order valence-electron chi connectivity index (χ2n) is 9.61. The Kier molecular flexibility index (Phi) is 7.06. The normalized spacial score (nSPS) is 19.4. The first-order chi connectivity index (χ1) is 17.3. The van der Waals surface area contributed by atoms with Crippen molar-refractivity contribution in [1.82, 2.24) is 5.48 Å². The number of carbonyl (C=O) groups excluding carboxylic acids is 1. The zero-order chi connectivity index (χ0) is 27.1. The standard InChI is InChI=1S/C26H26F6N2O3/c1-16-19-13-18(10-9-17(19)14-37-34-16)33-22(35)24(36,26(30,31)32)15-23(11-5-2-6-12-23)20-7-3-4-8-21(20)25(27,28)29/h3-4,7-10,13,34,36H,1-2,5-6,11-12,14-15H2,(H,33,35). The number of nitrogens with one attached hydrogen (secondary N) is 2. The van der Waals surface area contributed by atoms with Gasteiger partial charge in [-0.25, -0.2) is 0 Å². The molecule has 0 aromatic heterocycles. The van der Waals surface area contributed by atoms with Crippen LogP contribution in [0, 0.1) is 0 Å². The first-order valence-electron chi connectivity index (χ1n) is 11.7. The van der Waals surface area contributed by atoms with Crippen molar-refractivity contribution in [2.24, 2.45) is 0 Å². The Balaban J connectivity index is 1.73. The summed E-state index contributed by atoms with van der Waals surface area (Å²) in [5, 5.41) is 13.1. The summed E-state index contributed by atoms with van der Waals surface area (Å²) in [5.41, 5.74) is -3.05. The molecule has 1 aliphatic heterocycles. The van der Waals surface area contributed by atoms with E-state index < -0.39 is 41.3 Å². The lowest BCUT2D eigenvalue weighted by Gasteiger charge is -2.44.